The maximum atomic E-state index is 11.8. The molecule has 0 fully saturated rings. The van der Waals surface area contributed by atoms with E-state index in [4.69, 9.17) is 5.11 Å². The molecule has 0 saturated heterocycles. The Bertz CT molecular complexity index is 418. The summed E-state index contributed by atoms with van der Waals surface area (Å²) >= 11 is 0. The maximum absolute atomic E-state index is 11.8. The summed E-state index contributed by atoms with van der Waals surface area (Å²) in [6.07, 6.45) is 15.7. The fraction of sp³-hybridized carbons (Fsp3) is 0.857. The molecule has 1 atom stereocenters. The second-order valence-electron chi connectivity index (χ2n) is 7.36. The van der Waals surface area contributed by atoms with E-state index in [9.17, 15) is 19.5 Å². The first-order chi connectivity index (χ1) is 13.0. The van der Waals surface area contributed by atoms with Gasteiger partial charge in [0.05, 0.1) is 12.0 Å². The van der Waals surface area contributed by atoms with E-state index >= 15 is 0 Å². The molecule has 0 heterocycles. The molecule has 158 valence electrons. The van der Waals surface area contributed by atoms with Crippen molar-refractivity contribution in [2.45, 2.75) is 116 Å². The predicted molar refractivity (Wildman–Crippen MR) is 104 cm³/mol. The van der Waals surface area contributed by atoms with Crippen LogP contribution < -0.4 is 61.8 Å². The summed E-state index contributed by atoms with van der Waals surface area (Å²) < 4.78 is 0. The molecular formula is C21H38KNO5. The monoisotopic (exact) mass is 423 g/mol. The molecule has 0 aliphatic rings. The average molecular weight is 424 g/mol. The van der Waals surface area contributed by atoms with E-state index in [0.717, 1.165) is 19.3 Å². The van der Waals surface area contributed by atoms with Gasteiger partial charge in [-0.15, -0.1) is 0 Å². The zero-order chi connectivity index (χ0) is 20.3. The van der Waals surface area contributed by atoms with Crippen LogP contribution in [0.3, 0.4) is 0 Å². The molecule has 0 unspecified atom stereocenters. The predicted octanol–water partition coefficient (Wildman–Crippen LogP) is 0.571. The molecule has 0 spiro atoms. The standard InChI is InChI=1S/C21H39NO5.K/c1-2-3-4-5-6-7-8-9-10-11-12-13-14-15-19(23)22-18(21(26)27)16-17-20(24)25;/h18H,2-17H2,1H3,(H,22,23)(H,24,25)(H,26,27);/q;+1/p-1/t18-;/m0./s1. The van der Waals surface area contributed by atoms with Crippen LogP contribution in [0.1, 0.15) is 110 Å². The van der Waals surface area contributed by atoms with Crippen LogP contribution in [0.25, 0.3) is 0 Å². The molecular weight excluding hydrogens is 385 g/mol. The van der Waals surface area contributed by atoms with Gasteiger partial charge in [0.1, 0.15) is 0 Å². The average Bonchev–Trinajstić information content (AvgIpc) is 2.62. The normalized spacial score (nSPS) is 11.5. The number of unbranched alkanes of at least 4 members (excludes halogenated alkanes) is 12. The second-order valence-corrected chi connectivity index (χ2v) is 7.36. The van der Waals surface area contributed by atoms with Gasteiger partial charge in [0.15, 0.2) is 0 Å². The maximum Gasteiger partial charge on any atom is 1.00 e. The topological polar surface area (TPSA) is 107 Å². The summed E-state index contributed by atoms with van der Waals surface area (Å²) in [4.78, 5) is 33.2. The van der Waals surface area contributed by atoms with Crippen LogP contribution in [0.4, 0.5) is 0 Å². The molecule has 0 aliphatic carbocycles. The number of hydrogen-bond acceptors (Lipinski definition) is 4. The van der Waals surface area contributed by atoms with Gasteiger partial charge in [-0.25, -0.2) is 0 Å². The van der Waals surface area contributed by atoms with E-state index in [2.05, 4.69) is 12.2 Å². The molecule has 7 heteroatoms. The molecule has 2 N–H and O–H groups in total. The molecule has 6 nitrogen and oxygen atoms in total. The summed E-state index contributed by atoms with van der Waals surface area (Å²) in [5.74, 6) is -2.88. The van der Waals surface area contributed by atoms with Gasteiger partial charge in [-0.1, -0.05) is 84.0 Å². The molecule has 0 aromatic carbocycles. The first-order valence-electron chi connectivity index (χ1n) is 10.7. The number of rotatable bonds is 19. The van der Waals surface area contributed by atoms with E-state index in [1.807, 2.05) is 0 Å². The molecule has 1 amide bonds. The van der Waals surface area contributed by atoms with Crippen molar-refractivity contribution in [2.75, 3.05) is 0 Å². The third kappa shape index (κ3) is 20.8. The Labute approximate surface area is 213 Å². The van der Waals surface area contributed by atoms with Gasteiger partial charge in [0.25, 0.3) is 0 Å². The van der Waals surface area contributed by atoms with Crippen molar-refractivity contribution in [3.63, 3.8) is 0 Å². The molecule has 0 radical (unpaired) electrons. The molecule has 0 aromatic rings. The van der Waals surface area contributed by atoms with Crippen LogP contribution in [0.2, 0.25) is 0 Å². The summed E-state index contributed by atoms with van der Waals surface area (Å²) in [6, 6.07) is -1.23. The third-order valence-electron chi connectivity index (χ3n) is 4.77. The molecule has 28 heavy (non-hydrogen) atoms. The number of aliphatic carboxylic acids is 2. The Balaban J connectivity index is 0. The Kier molecular flexibility index (Phi) is 23.5. The smallest absolute Gasteiger partial charge is 0.548 e. The zero-order valence-electron chi connectivity index (χ0n) is 18.0. The van der Waals surface area contributed by atoms with Crippen LogP contribution in [-0.4, -0.2) is 29.0 Å². The molecule has 0 rings (SSSR count). The molecule has 0 aliphatic heterocycles. The fourth-order valence-electron chi connectivity index (χ4n) is 3.09. The van der Waals surface area contributed by atoms with Crippen LogP contribution in [0, 0.1) is 0 Å². The SMILES string of the molecule is CCCCCCCCCCCCCCCC(=O)N[C@@H](CCC(=O)O)C(=O)[O-].[K+]. The Hall–Kier alpha value is 0.0464. The van der Waals surface area contributed by atoms with Gasteiger partial charge < -0.3 is 20.3 Å². The second kappa shape index (κ2) is 21.7. The summed E-state index contributed by atoms with van der Waals surface area (Å²) in [5.41, 5.74) is 0. The third-order valence-corrected chi connectivity index (χ3v) is 4.77. The van der Waals surface area contributed by atoms with Gasteiger partial charge in [-0.3, -0.25) is 9.59 Å². The van der Waals surface area contributed by atoms with Crippen molar-refractivity contribution < 1.29 is 76.0 Å². The van der Waals surface area contributed by atoms with Crippen molar-refractivity contribution in [3.8, 4) is 0 Å². The molecule has 0 aromatic heterocycles. The quantitative estimate of drug-likeness (QED) is 0.233. The van der Waals surface area contributed by atoms with Crippen molar-refractivity contribution in [2.24, 2.45) is 0 Å². The van der Waals surface area contributed by atoms with Gasteiger partial charge >= 0.3 is 57.4 Å². The van der Waals surface area contributed by atoms with Crippen LogP contribution in [0.15, 0.2) is 0 Å². The summed E-state index contributed by atoms with van der Waals surface area (Å²) in [6.45, 7) is 2.24. The first kappa shape index (κ1) is 30.2. The van der Waals surface area contributed by atoms with Crippen LogP contribution in [-0.2, 0) is 14.4 Å². The number of carboxylic acid groups (broad SMARTS) is 2. The number of carboxylic acids is 2. The van der Waals surface area contributed by atoms with Gasteiger partial charge in [0.2, 0.25) is 5.91 Å². The van der Waals surface area contributed by atoms with E-state index in [-0.39, 0.29) is 76.6 Å². The Morgan fingerprint density at radius 1 is 0.786 bits per heavy atom. The molecule has 0 bridgehead atoms. The van der Waals surface area contributed by atoms with Gasteiger partial charge in [-0.05, 0) is 12.8 Å². The first-order valence-corrected chi connectivity index (χ1v) is 10.7. The van der Waals surface area contributed by atoms with Crippen LogP contribution in [0.5, 0.6) is 0 Å². The van der Waals surface area contributed by atoms with Crippen molar-refractivity contribution >= 4 is 17.8 Å². The number of nitrogens with one attached hydrogen (secondary N) is 1. The number of carbonyl (C=O) groups is 3. The van der Waals surface area contributed by atoms with E-state index < -0.39 is 18.0 Å². The fourth-order valence-corrected chi connectivity index (χ4v) is 3.09. The van der Waals surface area contributed by atoms with Crippen molar-refractivity contribution in [1.29, 1.82) is 0 Å². The minimum atomic E-state index is -1.44. The minimum Gasteiger partial charge on any atom is -0.548 e. The zero-order valence-corrected chi connectivity index (χ0v) is 21.1. The van der Waals surface area contributed by atoms with Crippen molar-refractivity contribution in [1.82, 2.24) is 5.32 Å². The van der Waals surface area contributed by atoms with Gasteiger partial charge in [0, 0.05) is 12.8 Å². The van der Waals surface area contributed by atoms with E-state index in [0.29, 0.717) is 0 Å². The Morgan fingerprint density at radius 3 is 1.61 bits per heavy atom. The number of carbonyl (C=O) groups excluding carboxylic acids is 2. The number of hydrogen-bond donors (Lipinski definition) is 2. The van der Waals surface area contributed by atoms with Crippen molar-refractivity contribution in [3.05, 3.63) is 0 Å². The van der Waals surface area contributed by atoms with E-state index in [1.54, 1.807) is 0 Å². The Morgan fingerprint density at radius 2 is 1.21 bits per heavy atom. The number of amides is 1. The molecule has 0 saturated carbocycles. The summed E-state index contributed by atoms with van der Waals surface area (Å²) in [7, 11) is 0. The largest absolute Gasteiger partial charge is 1.00 e. The summed E-state index contributed by atoms with van der Waals surface area (Å²) in [5, 5.41) is 21.9. The van der Waals surface area contributed by atoms with E-state index in [1.165, 1.54) is 64.2 Å². The van der Waals surface area contributed by atoms with Gasteiger partial charge in [-0.2, -0.15) is 0 Å². The minimum absolute atomic E-state index is 0. The van der Waals surface area contributed by atoms with Crippen LogP contribution >= 0.6 is 0 Å².